The summed E-state index contributed by atoms with van der Waals surface area (Å²) < 4.78 is 24.6. The average molecular weight is 292 g/mol. The molecule has 1 aromatic rings. The van der Waals surface area contributed by atoms with E-state index in [9.17, 15) is 18.9 Å². The first-order chi connectivity index (χ1) is 7.47. The fourth-order valence-corrected chi connectivity index (χ4v) is 1.61. The van der Waals surface area contributed by atoms with Crippen LogP contribution in [0.2, 0.25) is 0 Å². The fourth-order valence-electron chi connectivity index (χ4n) is 1.06. The van der Waals surface area contributed by atoms with Crippen LogP contribution >= 0.6 is 15.9 Å². The summed E-state index contributed by atoms with van der Waals surface area (Å²) in [6, 6.07) is 2.39. The molecule has 0 saturated carbocycles. The molecule has 0 fully saturated rings. The summed E-state index contributed by atoms with van der Waals surface area (Å²) >= 11 is 2.84. The molecule has 0 spiro atoms. The highest BCUT2D eigenvalue weighted by atomic mass is 79.9. The molecule has 0 radical (unpaired) electrons. The van der Waals surface area contributed by atoms with Gasteiger partial charge in [0.1, 0.15) is 10.3 Å². The minimum Gasteiger partial charge on any atom is -0.258 e. The molecule has 0 atom stereocenters. The molecule has 84 valence electrons. The van der Waals surface area contributed by atoms with E-state index in [0.29, 0.717) is 6.07 Å². The van der Waals surface area contributed by atoms with E-state index in [-0.39, 0.29) is 16.6 Å². The summed E-state index contributed by atoms with van der Waals surface area (Å²) in [6.07, 6.45) is -3.17. The largest absolute Gasteiger partial charge is 0.280 e. The van der Waals surface area contributed by atoms with Gasteiger partial charge in [-0.2, -0.15) is 5.26 Å². The average Bonchev–Trinajstić information content (AvgIpc) is 2.20. The summed E-state index contributed by atoms with van der Waals surface area (Å²) in [4.78, 5) is 13.3. The molecule has 0 unspecified atom stereocenters. The highest BCUT2D eigenvalue weighted by Gasteiger charge is 2.22. The standard InChI is InChI=1S/C8H4BrF2N3O2/c9-7-4(1-2-12)6(14(15)16)3-5(13-7)8(10)11/h3,8H,1H2. The van der Waals surface area contributed by atoms with Crippen LogP contribution in [0.15, 0.2) is 10.7 Å². The predicted octanol–water partition coefficient (Wildman–Crippen LogP) is 2.76. The van der Waals surface area contributed by atoms with Crippen LogP contribution in [0.5, 0.6) is 0 Å². The summed E-state index contributed by atoms with van der Waals surface area (Å²) in [5.41, 5.74) is -1.23. The Hall–Kier alpha value is -1.62. The molecule has 0 N–H and O–H groups in total. The van der Waals surface area contributed by atoms with Gasteiger partial charge in [0.15, 0.2) is 0 Å². The van der Waals surface area contributed by atoms with E-state index in [4.69, 9.17) is 5.26 Å². The number of nitro groups is 1. The van der Waals surface area contributed by atoms with Gasteiger partial charge in [0.25, 0.3) is 12.1 Å². The molecule has 16 heavy (non-hydrogen) atoms. The van der Waals surface area contributed by atoms with Crippen molar-refractivity contribution in [1.82, 2.24) is 4.98 Å². The highest BCUT2D eigenvalue weighted by molar-refractivity contribution is 9.10. The molecule has 0 aliphatic rings. The minimum absolute atomic E-state index is 0.00287. The van der Waals surface area contributed by atoms with Gasteiger partial charge in [-0.1, -0.05) is 0 Å². The SMILES string of the molecule is N#CCc1c([N+](=O)[O-])cc(C(F)F)nc1Br. The summed E-state index contributed by atoms with van der Waals surface area (Å²) in [5.74, 6) is 0. The third-order valence-electron chi connectivity index (χ3n) is 1.75. The molecule has 1 aromatic heterocycles. The maximum absolute atomic E-state index is 12.3. The van der Waals surface area contributed by atoms with Crippen LogP contribution in [0.1, 0.15) is 17.7 Å². The smallest absolute Gasteiger partial charge is 0.258 e. The van der Waals surface area contributed by atoms with Crippen LogP contribution in [0.3, 0.4) is 0 Å². The highest BCUT2D eigenvalue weighted by Crippen LogP contribution is 2.30. The Morgan fingerprint density at radius 2 is 2.31 bits per heavy atom. The molecule has 0 bridgehead atoms. The van der Waals surface area contributed by atoms with Crippen molar-refractivity contribution in [2.75, 3.05) is 0 Å². The Kier molecular flexibility index (Phi) is 3.84. The van der Waals surface area contributed by atoms with Crippen molar-refractivity contribution in [3.63, 3.8) is 0 Å². The van der Waals surface area contributed by atoms with E-state index in [2.05, 4.69) is 20.9 Å². The molecule has 0 aromatic carbocycles. The van der Waals surface area contributed by atoms with Crippen LogP contribution in [0.4, 0.5) is 14.5 Å². The second-order valence-electron chi connectivity index (χ2n) is 2.73. The molecule has 0 aliphatic heterocycles. The molecule has 1 rings (SSSR count). The Bertz CT molecular complexity index is 473. The van der Waals surface area contributed by atoms with Gasteiger partial charge in [-0.25, -0.2) is 13.8 Å². The molecular weight excluding hydrogens is 288 g/mol. The molecule has 0 saturated heterocycles. The molecule has 0 amide bonds. The molecule has 1 heterocycles. The second-order valence-corrected chi connectivity index (χ2v) is 3.48. The number of hydrogen-bond donors (Lipinski definition) is 0. The van der Waals surface area contributed by atoms with Gasteiger partial charge in [0.2, 0.25) is 0 Å². The third-order valence-corrected chi connectivity index (χ3v) is 2.40. The van der Waals surface area contributed by atoms with Crippen molar-refractivity contribution in [2.24, 2.45) is 0 Å². The van der Waals surface area contributed by atoms with Crippen LogP contribution in [0, 0.1) is 21.4 Å². The lowest BCUT2D eigenvalue weighted by atomic mass is 10.1. The van der Waals surface area contributed by atoms with Crippen LogP contribution in [-0.2, 0) is 6.42 Å². The Morgan fingerprint density at radius 1 is 1.69 bits per heavy atom. The fraction of sp³-hybridized carbons (Fsp3) is 0.250. The van der Waals surface area contributed by atoms with Crippen LogP contribution in [0.25, 0.3) is 0 Å². The summed E-state index contributed by atoms with van der Waals surface area (Å²) in [7, 11) is 0. The number of nitrogens with zero attached hydrogens (tertiary/aromatic N) is 3. The van der Waals surface area contributed by atoms with Crippen molar-refractivity contribution in [1.29, 1.82) is 5.26 Å². The van der Waals surface area contributed by atoms with E-state index >= 15 is 0 Å². The Labute approximate surface area is 97.0 Å². The van der Waals surface area contributed by atoms with Crippen molar-refractivity contribution in [3.8, 4) is 6.07 Å². The monoisotopic (exact) mass is 291 g/mol. The Balaban J connectivity index is 3.40. The van der Waals surface area contributed by atoms with Gasteiger partial charge in [-0.05, 0) is 15.9 Å². The first-order valence-electron chi connectivity index (χ1n) is 3.96. The van der Waals surface area contributed by atoms with E-state index in [1.165, 1.54) is 0 Å². The lowest BCUT2D eigenvalue weighted by Crippen LogP contribution is -2.01. The van der Waals surface area contributed by atoms with Gasteiger partial charge >= 0.3 is 0 Å². The number of hydrogen-bond acceptors (Lipinski definition) is 4. The maximum Gasteiger partial charge on any atom is 0.280 e. The minimum atomic E-state index is -2.90. The van der Waals surface area contributed by atoms with Crippen molar-refractivity contribution >= 4 is 21.6 Å². The number of aromatic nitrogens is 1. The van der Waals surface area contributed by atoms with E-state index in [0.717, 1.165) is 0 Å². The topological polar surface area (TPSA) is 79.8 Å². The zero-order valence-corrected chi connectivity index (χ0v) is 9.24. The van der Waals surface area contributed by atoms with Crippen LogP contribution in [-0.4, -0.2) is 9.91 Å². The van der Waals surface area contributed by atoms with Gasteiger partial charge in [0, 0.05) is 6.07 Å². The number of nitriles is 1. The Morgan fingerprint density at radius 3 is 2.75 bits per heavy atom. The maximum atomic E-state index is 12.3. The summed E-state index contributed by atoms with van der Waals surface area (Å²) in [5, 5.41) is 19.1. The van der Waals surface area contributed by atoms with Crippen molar-refractivity contribution in [3.05, 3.63) is 32.0 Å². The second kappa shape index (κ2) is 4.94. The van der Waals surface area contributed by atoms with Crippen molar-refractivity contribution < 1.29 is 13.7 Å². The molecule has 8 heteroatoms. The summed E-state index contributed by atoms with van der Waals surface area (Å²) in [6.45, 7) is 0. The van der Waals surface area contributed by atoms with Gasteiger partial charge in [-0.3, -0.25) is 10.1 Å². The van der Waals surface area contributed by atoms with Gasteiger partial charge in [0.05, 0.1) is 23.0 Å². The lowest BCUT2D eigenvalue weighted by Gasteiger charge is -2.04. The number of pyridine rings is 1. The molecule has 5 nitrogen and oxygen atoms in total. The third kappa shape index (κ3) is 2.49. The number of halogens is 3. The first kappa shape index (κ1) is 12.4. The molecular formula is C8H4BrF2N3O2. The van der Waals surface area contributed by atoms with Crippen molar-refractivity contribution in [2.45, 2.75) is 12.8 Å². The first-order valence-corrected chi connectivity index (χ1v) is 4.75. The number of rotatable bonds is 3. The molecule has 0 aliphatic carbocycles. The van der Waals surface area contributed by atoms with E-state index in [1.807, 2.05) is 0 Å². The van der Waals surface area contributed by atoms with E-state index < -0.39 is 22.7 Å². The van der Waals surface area contributed by atoms with Crippen LogP contribution < -0.4 is 0 Å². The van der Waals surface area contributed by atoms with Gasteiger partial charge < -0.3 is 0 Å². The number of alkyl halides is 2. The predicted molar refractivity (Wildman–Crippen MR) is 52.9 cm³/mol. The zero-order chi connectivity index (χ0) is 12.3. The van der Waals surface area contributed by atoms with Gasteiger partial charge in [-0.15, -0.1) is 0 Å². The normalized spacial score (nSPS) is 10.2. The zero-order valence-electron chi connectivity index (χ0n) is 7.65. The quantitative estimate of drug-likeness (QED) is 0.487. The van der Waals surface area contributed by atoms with E-state index in [1.54, 1.807) is 6.07 Å². The lowest BCUT2D eigenvalue weighted by molar-refractivity contribution is -0.385.